The van der Waals surface area contributed by atoms with Crippen LogP contribution in [0.1, 0.15) is 33.6 Å². The van der Waals surface area contributed by atoms with Crippen LogP contribution in [0.4, 0.5) is 0 Å². The molecular weight excluding hydrogens is 345 g/mol. The van der Waals surface area contributed by atoms with Crippen LogP contribution in [0.5, 0.6) is 0 Å². The number of rotatable bonds is 5. The highest BCUT2D eigenvalue weighted by Gasteiger charge is 2.22. The average molecular weight is 358 g/mol. The molecule has 122 valence electrons. The molecule has 23 heavy (non-hydrogen) atoms. The quantitative estimate of drug-likeness (QED) is 0.820. The van der Waals surface area contributed by atoms with E-state index >= 15 is 0 Å². The predicted octanol–water partition coefficient (Wildman–Crippen LogP) is 1.96. The predicted molar refractivity (Wildman–Crippen MR) is 82.4 cm³/mol. The zero-order chi connectivity index (χ0) is 17.0. The minimum atomic E-state index is -0.561. The van der Waals surface area contributed by atoms with Gasteiger partial charge < -0.3 is 14.6 Å². The number of halogens is 2. The SMILES string of the molecule is CCOC(=O)c1nc[nH]c1CN(C)C(=O)c1ncc(Cl)nc1Cl. The molecule has 0 fully saturated rings. The molecule has 0 aliphatic rings. The highest BCUT2D eigenvalue weighted by atomic mass is 35.5. The van der Waals surface area contributed by atoms with Gasteiger partial charge in [0.1, 0.15) is 5.15 Å². The number of esters is 1. The standard InChI is InChI=1S/C13H13Cl2N5O3/c1-3-23-13(22)9-7(17-6-18-9)5-20(2)12(21)10-11(15)19-8(14)4-16-10/h4,6H,3,5H2,1-2H3,(H,17,18). The molecule has 1 amide bonds. The molecule has 8 nitrogen and oxygen atoms in total. The molecule has 0 radical (unpaired) electrons. The van der Waals surface area contributed by atoms with E-state index in [9.17, 15) is 9.59 Å². The number of aromatic amines is 1. The third kappa shape index (κ3) is 3.96. The van der Waals surface area contributed by atoms with E-state index in [2.05, 4.69) is 19.9 Å². The van der Waals surface area contributed by atoms with Gasteiger partial charge in [-0.3, -0.25) is 4.79 Å². The molecule has 0 saturated heterocycles. The second-order valence-electron chi connectivity index (χ2n) is 4.44. The van der Waals surface area contributed by atoms with E-state index in [1.807, 2.05) is 0 Å². The lowest BCUT2D eigenvalue weighted by atomic mass is 10.3. The molecule has 10 heteroatoms. The highest BCUT2D eigenvalue weighted by Crippen LogP contribution is 2.16. The second kappa shape index (κ2) is 7.38. The molecule has 0 saturated carbocycles. The third-order valence-corrected chi connectivity index (χ3v) is 3.28. The van der Waals surface area contributed by atoms with Crippen molar-refractivity contribution in [1.29, 1.82) is 0 Å². The minimum absolute atomic E-state index is 0.0317. The molecule has 0 atom stereocenters. The molecule has 2 rings (SSSR count). The van der Waals surface area contributed by atoms with Crippen LogP contribution < -0.4 is 0 Å². The monoisotopic (exact) mass is 357 g/mol. The van der Waals surface area contributed by atoms with Crippen molar-refractivity contribution in [3.05, 3.63) is 39.9 Å². The van der Waals surface area contributed by atoms with E-state index in [0.717, 1.165) is 0 Å². The van der Waals surface area contributed by atoms with E-state index in [4.69, 9.17) is 27.9 Å². The Bertz CT molecular complexity index is 734. The van der Waals surface area contributed by atoms with E-state index in [0.29, 0.717) is 5.69 Å². The topological polar surface area (TPSA) is 101 Å². The van der Waals surface area contributed by atoms with Gasteiger partial charge in [-0.05, 0) is 6.92 Å². The molecule has 2 aromatic rings. The van der Waals surface area contributed by atoms with Crippen LogP contribution >= 0.6 is 23.2 Å². The van der Waals surface area contributed by atoms with Crippen LogP contribution in [-0.4, -0.2) is 50.4 Å². The van der Waals surface area contributed by atoms with Crippen molar-refractivity contribution >= 4 is 35.1 Å². The van der Waals surface area contributed by atoms with Gasteiger partial charge in [-0.25, -0.2) is 19.7 Å². The highest BCUT2D eigenvalue weighted by molar-refractivity contribution is 6.34. The lowest BCUT2D eigenvalue weighted by Gasteiger charge is -2.16. The number of nitrogens with one attached hydrogen (secondary N) is 1. The number of hydrogen-bond acceptors (Lipinski definition) is 6. The Balaban J connectivity index is 2.16. The van der Waals surface area contributed by atoms with Crippen LogP contribution in [0.2, 0.25) is 10.3 Å². The Morgan fingerprint density at radius 3 is 2.70 bits per heavy atom. The maximum absolute atomic E-state index is 12.4. The van der Waals surface area contributed by atoms with Gasteiger partial charge in [0.15, 0.2) is 16.5 Å². The van der Waals surface area contributed by atoms with Crippen molar-refractivity contribution in [2.75, 3.05) is 13.7 Å². The Morgan fingerprint density at radius 2 is 2.04 bits per heavy atom. The summed E-state index contributed by atoms with van der Waals surface area (Å²) in [6.45, 7) is 2.02. The molecule has 2 heterocycles. The Hall–Kier alpha value is -2.19. The summed E-state index contributed by atoms with van der Waals surface area (Å²) in [5.74, 6) is -1.03. The molecule has 0 aromatic carbocycles. The molecular formula is C13H13Cl2N5O3. The van der Waals surface area contributed by atoms with E-state index < -0.39 is 11.9 Å². The maximum atomic E-state index is 12.4. The number of imidazole rings is 1. The van der Waals surface area contributed by atoms with Crippen LogP contribution in [0, 0.1) is 0 Å². The lowest BCUT2D eigenvalue weighted by molar-refractivity contribution is 0.0515. The van der Waals surface area contributed by atoms with Gasteiger partial charge in [-0.2, -0.15) is 0 Å². The third-order valence-electron chi connectivity index (χ3n) is 2.83. The zero-order valence-electron chi connectivity index (χ0n) is 12.3. The molecule has 0 aliphatic heterocycles. The normalized spacial score (nSPS) is 10.4. The number of H-pyrrole nitrogens is 1. The lowest BCUT2D eigenvalue weighted by Crippen LogP contribution is -2.28. The Kier molecular flexibility index (Phi) is 5.51. The summed E-state index contributed by atoms with van der Waals surface area (Å²) in [5, 5.41) is -0.00283. The summed E-state index contributed by atoms with van der Waals surface area (Å²) in [6, 6.07) is 0. The molecule has 0 aliphatic carbocycles. The smallest absolute Gasteiger partial charge is 0.358 e. The van der Waals surface area contributed by atoms with Gasteiger partial charge in [0.2, 0.25) is 0 Å². The maximum Gasteiger partial charge on any atom is 0.358 e. The van der Waals surface area contributed by atoms with E-state index in [-0.39, 0.29) is 34.8 Å². The van der Waals surface area contributed by atoms with Crippen molar-refractivity contribution in [2.24, 2.45) is 0 Å². The zero-order valence-corrected chi connectivity index (χ0v) is 13.9. The first-order valence-corrected chi connectivity index (χ1v) is 7.32. The fraction of sp³-hybridized carbons (Fsp3) is 0.308. The summed E-state index contributed by atoms with van der Waals surface area (Å²) in [4.78, 5) is 39.8. The first-order valence-electron chi connectivity index (χ1n) is 6.56. The summed E-state index contributed by atoms with van der Waals surface area (Å²) in [6.07, 6.45) is 2.59. The number of aromatic nitrogens is 4. The van der Waals surface area contributed by atoms with Gasteiger partial charge >= 0.3 is 5.97 Å². The summed E-state index contributed by atoms with van der Waals surface area (Å²) in [5.41, 5.74) is 0.535. The van der Waals surface area contributed by atoms with Crippen molar-refractivity contribution < 1.29 is 14.3 Å². The summed E-state index contributed by atoms with van der Waals surface area (Å²) < 4.78 is 4.90. The molecule has 0 spiro atoms. The van der Waals surface area contributed by atoms with Crippen molar-refractivity contribution in [2.45, 2.75) is 13.5 Å². The largest absolute Gasteiger partial charge is 0.461 e. The molecule has 1 N–H and O–H groups in total. The summed E-state index contributed by atoms with van der Waals surface area (Å²) >= 11 is 11.5. The van der Waals surface area contributed by atoms with Crippen LogP contribution in [-0.2, 0) is 11.3 Å². The second-order valence-corrected chi connectivity index (χ2v) is 5.19. The molecule has 2 aromatic heterocycles. The average Bonchev–Trinajstić information content (AvgIpc) is 2.95. The van der Waals surface area contributed by atoms with Crippen molar-refractivity contribution in [3.8, 4) is 0 Å². The van der Waals surface area contributed by atoms with Crippen molar-refractivity contribution in [1.82, 2.24) is 24.8 Å². The van der Waals surface area contributed by atoms with Gasteiger partial charge in [0.05, 0.1) is 31.4 Å². The fourth-order valence-corrected chi connectivity index (χ4v) is 2.19. The van der Waals surface area contributed by atoms with E-state index in [1.54, 1.807) is 6.92 Å². The minimum Gasteiger partial charge on any atom is -0.461 e. The number of hydrogen-bond donors (Lipinski definition) is 1. The number of nitrogens with zero attached hydrogens (tertiary/aromatic N) is 4. The van der Waals surface area contributed by atoms with Gasteiger partial charge in [-0.1, -0.05) is 23.2 Å². The number of carbonyl (C=O) groups is 2. The fourth-order valence-electron chi connectivity index (χ4n) is 1.80. The van der Waals surface area contributed by atoms with Gasteiger partial charge in [-0.15, -0.1) is 0 Å². The summed E-state index contributed by atoms with van der Waals surface area (Å²) in [7, 11) is 1.53. The van der Waals surface area contributed by atoms with Gasteiger partial charge in [0, 0.05) is 7.05 Å². The number of amides is 1. The Labute approximate surface area is 141 Å². The molecule has 0 unspecified atom stereocenters. The van der Waals surface area contributed by atoms with Crippen LogP contribution in [0.15, 0.2) is 12.5 Å². The first-order chi connectivity index (χ1) is 10.9. The number of carbonyl (C=O) groups excluding carboxylic acids is 2. The number of ether oxygens (including phenoxy) is 1. The van der Waals surface area contributed by atoms with Crippen molar-refractivity contribution in [3.63, 3.8) is 0 Å². The Morgan fingerprint density at radius 1 is 1.30 bits per heavy atom. The first kappa shape index (κ1) is 17.2. The van der Waals surface area contributed by atoms with Crippen LogP contribution in [0.25, 0.3) is 0 Å². The molecule has 0 bridgehead atoms. The van der Waals surface area contributed by atoms with Gasteiger partial charge in [0.25, 0.3) is 5.91 Å². The van der Waals surface area contributed by atoms with E-state index in [1.165, 1.54) is 24.5 Å². The van der Waals surface area contributed by atoms with Crippen LogP contribution in [0.3, 0.4) is 0 Å².